The van der Waals surface area contributed by atoms with E-state index in [1.54, 1.807) is 11.7 Å². The number of nitrogens with zero attached hydrogens (tertiary/aromatic N) is 1. The van der Waals surface area contributed by atoms with Gasteiger partial charge in [0.2, 0.25) is 0 Å². The minimum atomic E-state index is -4.38. The summed E-state index contributed by atoms with van der Waals surface area (Å²) in [7, 11) is 0. The van der Waals surface area contributed by atoms with Crippen LogP contribution in [0.3, 0.4) is 0 Å². The summed E-state index contributed by atoms with van der Waals surface area (Å²) in [5.41, 5.74) is 1.13. The van der Waals surface area contributed by atoms with Gasteiger partial charge in [-0.1, -0.05) is 12.1 Å². The molecule has 18 heavy (non-hydrogen) atoms. The van der Waals surface area contributed by atoms with Crippen molar-refractivity contribution in [2.24, 2.45) is 0 Å². The number of rotatable bonds is 3. The minimum absolute atomic E-state index is 0.163. The van der Waals surface area contributed by atoms with Gasteiger partial charge in [-0.2, -0.15) is 13.2 Å². The van der Waals surface area contributed by atoms with Crippen LogP contribution in [0.25, 0.3) is 0 Å². The van der Waals surface area contributed by atoms with E-state index in [9.17, 15) is 18.0 Å². The SMILES string of the molecule is O=C(Cc1cncs1)c1ccc(C(F)(F)F)cc1. The number of ketones is 1. The lowest BCUT2D eigenvalue weighted by Crippen LogP contribution is -2.07. The van der Waals surface area contributed by atoms with E-state index in [0.717, 1.165) is 17.0 Å². The highest BCUT2D eigenvalue weighted by atomic mass is 32.1. The molecule has 0 radical (unpaired) electrons. The monoisotopic (exact) mass is 271 g/mol. The third-order valence-corrected chi connectivity index (χ3v) is 3.13. The molecule has 0 saturated carbocycles. The van der Waals surface area contributed by atoms with Crippen molar-refractivity contribution in [2.45, 2.75) is 12.6 Å². The van der Waals surface area contributed by atoms with Gasteiger partial charge in [0, 0.05) is 23.1 Å². The number of aromatic nitrogens is 1. The summed E-state index contributed by atoms with van der Waals surface area (Å²) in [5.74, 6) is -0.215. The number of hydrogen-bond donors (Lipinski definition) is 0. The second kappa shape index (κ2) is 4.89. The number of carbonyl (C=O) groups excluding carboxylic acids is 1. The summed E-state index contributed by atoms with van der Waals surface area (Å²) >= 11 is 1.34. The van der Waals surface area contributed by atoms with Gasteiger partial charge in [0.1, 0.15) is 0 Å². The molecule has 0 N–H and O–H groups in total. The predicted molar refractivity (Wildman–Crippen MR) is 61.6 cm³/mol. The molecule has 0 spiro atoms. The number of carbonyl (C=O) groups is 1. The van der Waals surface area contributed by atoms with E-state index in [2.05, 4.69) is 4.98 Å². The van der Waals surface area contributed by atoms with E-state index >= 15 is 0 Å². The van der Waals surface area contributed by atoms with Gasteiger partial charge < -0.3 is 0 Å². The molecule has 0 amide bonds. The first-order chi connectivity index (χ1) is 8.47. The largest absolute Gasteiger partial charge is 0.416 e. The number of benzene rings is 1. The van der Waals surface area contributed by atoms with Gasteiger partial charge in [-0.05, 0) is 12.1 Å². The van der Waals surface area contributed by atoms with Crippen LogP contribution in [0.1, 0.15) is 20.8 Å². The fraction of sp³-hybridized carbons (Fsp3) is 0.167. The molecule has 6 heteroatoms. The van der Waals surface area contributed by atoms with Crippen LogP contribution in [-0.2, 0) is 12.6 Å². The van der Waals surface area contributed by atoms with E-state index in [1.807, 2.05) is 0 Å². The van der Waals surface area contributed by atoms with Crippen LogP contribution in [0.4, 0.5) is 13.2 Å². The Balaban J connectivity index is 2.12. The van der Waals surface area contributed by atoms with Gasteiger partial charge in [-0.25, -0.2) is 0 Å². The molecule has 2 rings (SSSR count). The van der Waals surface area contributed by atoms with E-state index in [0.29, 0.717) is 0 Å². The molecule has 2 aromatic rings. The Kier molecular flexibility index (Phi) is 3.47. The van der Waals surface area contributed by atoms with Crippen molar-refractivity contribution in [3.63, 3.8) is 0 Å². The first kappa shape index (κ1) is 12.8. The lowest BCUT2D eigenvalue weighted by Gasteiger charge is -2.06. The van der Waals surface area contributed by atoms with Crippen molar-refractivity contribution in [3.8, 4) is 0 Å². The van der Waals surface area contributed by atoms with Crippen LogP contribution in [-0.4, -0.2) is 10.8 Å². The number of alkyl halides is 3. The van der Waals surface area contributed by atoms with E-state index < -0.39 is 11.7 Å². The normalized spacial score (nSPS) is 11.5. The number of Topliss-reactive ketones (excluding diaryl/α,β-unsaturated/α-hetero) is 1. The molecule has 1 heterocycles. The summed E-state index contributed by atoms with van der Waals surface area (Å²) in [6, 6.07) is 4.23. The predicted octanol–water partition coefficient (Wildman–Crippen LogP) is 3.59. The lowest BCUT2D eigenvalue weighted by molar-refractivity contribution is -0.137. The van der Waals surface area contributed by atoms with Crippen molar-refractivity contribution in [1.82, 2.24) is 4.98 Å². The Hall–Kier alpha value is -1.69. The van der Waals surface area contributed by atoms with Gasteiger partial charge in [-0.3, -0.25) is 9.78 Å². The standard InChI is InChI=1S/C12H8F3NOS/c13-12(14,15)9-3-1-8(2-4-9)11(17)5-10-6-16-7-18-10/h1-4,6-7H,5H2. The zero-order valence-electron chi connectivity index (χ0n) is 9.07. The Morgan fingerprint density at radius 1 is 1.22 bits per heavy atom. The molecule has 0 fully saturated rings. The molecule has 0 aliphatic rings. The van der Waals surface area contributed by atoms with E-state index in [1.165, 1.54) is 23.5 Å². The van der Waals surface area contributed by atoms with Crippen molar-refractivity contribution >= 4 is 17.1 Å². The average molecular weight is 271 g/mol. The third-order valence-electron chi connectivity index (χ3n) is 2.35. The van der Waals surface area contributed by atoms with Gasteiger partial charge >= 0.3 is 6.18 Å². The Bertz CT molecular complexity index is 531. The van der Waals surface area contributed by atoms with Crippen LogP contribution in [0.2, 0.25) is 0 Å². The van der Waals surface area contributed by atoms with E-state index in [-0.39, 0.29) is 17.8 Å². The zero-order chi connectivity index (χ0) is 13.2. The van der Waals surface area contributed by atoms with Crippen LogP contribution >= 0.6 is 11.3 Å². The van der Waals surface area contributed by atoms with Crippen LogP contribution in [0.5, 0.6) is 0 Å². The molecule has 0 saturated heterocycles. The maximum absolute atomic E-state index is 12.3. The molecule has 0 atom stereocenters. The number of thiazole rings is 1. The van der Waals surface area contributed by atoms with Crippen molar-refractivity contribution in [2.75, 3.05) is 0 Å². The highest BCUT2D eigenvalue weighted by molar-refractivity contribution is 7.09. The van der Waals surface area contributed by atoms with Gasteiger partial charge in [-0.15, -0.1) is 11.3 Å². The van der Waals surface area contributed by atoms with Crippen molar-refractivity contribution in [1.29, 1.82) is 0 Å². The summed E-state index contributed by atoms with van der Waals surface area (Å²) < 4.78 is 37.0. The number of hydrogen-bond acceptors (Lipinski definition) is 3. The summed E-state index contributed by atoms with van der Waals surface area (Å²) in [6.45, 7) is 0. The molecule has 1 aromatic carbocycles. The van der Waals surface area contributed by atoms with Crippen LogP contribution < -0.4 is 0 Å². The highest BCUT2D eigenvalue weighted by Gasteiger charge is 2.30. The molecule has 0 unspecified atom stereocenters. The first-order valence-electron chi connectivity index (χ1n) is 5.04. The Morgan fingerprint density at radius 2 is 1.89 bits per heavy atom. The minimum Gasteiger partial charge on any atom is -0.294 e. The zero-order valence-corrected chi connectivity index (χ0v) is 9.89. The fourth-order valence-electron chi connectivity index (χ4n) is 1.43. The van der Waals surface area contributed by atoms with Crippen LogP contribution in [0.15, 0.2) is 36.0 Å². The summed E-state index contributed by atoms with van der Waals surface area (Å²) in [4.78, 5) is 16.4. The van der Waals surface area contributed by atoms with Crippen molar-refractivity contribution in [3.05, 3.63) is 52.0 Å². The highest BCUT2D eigenvalue weighted by Crippen LogP contribution is 2.29. The molecule has 2 nitrogen and oxygen atoms in total. The molecular weight excluding hydrogens is 263 g/mol. The smallest absolute Gasteiger partial charge is 0.294 e. The van der Waals surface area contributed by atoms with Gasteiger partial charge in [0.05, 0.1) is 11.1 Å². The topological polar surface area (TPSA) is 30.0 Å². The molecular formula is C12H8F3NOS. The van der Waals surface area contributed by atoms with E-state index in [4.69, 9.17) is 0 Å². The maximum Gasteiger partial charge on any atom is 0.416 e. The molecule has 0 aliphatic carbocycles. The third kappa shape index (κ3) is 2.95. The van der Waals surface area contributed by atoms with Gasteiger partial charge in [0.25, 0.3) is 0 Å². The van der Waals surface area contributed by atoms with Crippen LogP contribution in [0, 0.1) is 0 Å². The summed E-state index contributed by atoms with van der Waals surface area (Å²) in [6.07, 6.45) is -2.64. The second-order valence-electron chi connectivity index (χ2n) is 3.64. The first-order valence-corrected chi connectivity index (χ1v) is 5.92. The summed E-state index contributed by atoms with van der Waals surface area (Å²) in [5, 5.41) is 0. The molecule has 1 aromatic heterocycles. The average Bonchev–Trinajstić information content (AvgIpc) is 2.81. The quantitative estimate of drug-likeness (QED) is 0.798. The maximum atomic E-state index is 12.3. The van der Waals surface area contributed by atoms with Gasteiger partial charge in [0.15, 0.2) is 5.78 Å². The Morgan fingerprint density at radius 3 is 2.39 bits per heavy atom. The second-order valence-corrected chi connectivity index (χ2v) is 4.61. The Labute approximate surface area is 105 Å². The van der Waals surface area contributed by atoms with Crippen molar-refractivity contribution < 1.29 is 18.0 Å². The fourth-order valence-corrected chi connectivity index (χ4v) is 2.03. The lowest BCUT2D eigenvalue weighted by atomic mass is 10.1. The molecule has 0 aliphatic heterocycles. The molecule has 94 valence electrons. The molecule has 0 bridgehead atoms. The number of halogens is 3.